The van der Waals surface area contributed by atoms with E-state index in [4.69, 9.17) is 11.6 Å². The molecule has 26 heavy (non-hydrogen) atoms. The van der Waals surface area contributed by atoms with Gasteiger partial charge in [0.05, 0.1) is 12.7 Å². The topological polar surface area (TPSA) is 75.7 Å². The second-order valence-electron chi connectivity index (χ2n) is 5.52. The van der Waals surface area contributed by atoms with Crippen LogP contribution in [0.5, 0.6) is 0 Å². The van der Waals surface area contributed by atoms with E-state index in [0.717, 1.165) is 5.56 Å². The molecule has 136 valence electrons. The zero-order valence-electron chi connectivity index (χ0n) is 14.5. The van der Waals surface area contributed by atoms with Crippen molar-refractivity contribution in [3.05, 3.63) is 64.7 Å². The van der Waals surface area contributed by atoms with E-state index in [2.05, 4.69) is 10.1 Å². The average molecular weight is 375 g/mol. The predicted molar refractivity (Wildman–Crippen MR) is 99.1 cm³/mol. The van der Waals surface area contributed by atoms with E-state index in [0.29, 0.717) is 16.3 Å². The molecule has 0 saturated heterocycles. The molecule has 2 rings (SSSR count). The minimum absolute atomic E-state index is 0.176. The Morgan fingerprint density at radius 2 is 1.85 bits per heavy atom. The van der Waals surface area contributed by atoms with E-state index in [9.17, 15) is 14.4 Å². The number of methoxy groups -OCH3 is 1. The molecule has 0 bridgehead atoms. The van der Waals surface area contributed by atoms with Crippen molar-refractivity contribution in [2.24, 2.45) is 0 Å². The zero-order valence-corrected chi connectivity index (χ0v) is 15.2. The lowest BCUT2D eigenvalue weighted by atomic mass is 10.2. The summed E-state index contributed by atoms with van der Waals surface area (Å²) in [4.78, 5) is 37.2. The van der Waals surface area contributed by atoms with Crippen molar-refractivity contribution >= 4 is 35.1 Å². The molecule has 7 heteroatoms. The summed E-state index contributed by atoms with van der Waals surface area (Å²) in [6.07, 6.45) is 0. The van der Waals surface area contributed by atoms with Crippen molar-refractivity contribution in [2.45, 2.75) is 13.5 Å². The number of halogens is 1. The quantitative estimate of drug-likeness (QED) is 0.789. The van der Waals surface area contributed by atoms with E-state index in [1.165, 1.54) is 25.0 Å². The third kappa shape index (κ3) is 5.07. The predicted octanol–water partition coefficient (Wildman–Crippen LogP) is 2.80. The van der Waals surface area contributed by atoms with Crippen molar-refractivity contribution in [1.29, 1.82) is 0 Å². The van der Waals surface area contributed by atoms with Crippen LogP contribution >= 0.6 is 11.6 Å². The molecule has 0 atom stereocenters. The first-order chi connectivity index (χ1) is 12.4. The summed E-state index contributed by atoms with van der Waals surface area (Å²) in [5.41, 5.74) is 1.52. The number of carbonyl (C=O) groups excluding carboxylic acids is 3. The van der Waals surface area contributed by atoms with Gasteiger partial charge in [0.25, 0.3) is 0 Å². The van der Waals surface area contributed by atoms with Gasteiger partial charge in [0.15, 0.2) is 0 Å². The molecule has 0 aromatic heterocycles. The highest BCUT2D eigenvalue weighted by atomic mass is 35.5. The molecule has 0 fully saturated rings. The molecule has 0 spiro atoms. The summed E-state index contributed by atoms with van der Waals surface area (Å²) in [6, 6.07) is 13.5. The van der Waals surface area contributed by atoms with E-state index in [-0.39, 0.29) is 24.9 Å². The number of carbonyl (C=O) groups is 3. The standard InChI is InChI=1S/C19H19ClN2O4/c1-13(23)22(16-8-5-7-14(10-16)19(25)26-2)12-18(24)21-11-15-6-3-4-9-17(15)20/h3-10H,11-12H2,1-2H3,(H,21,24). The number of ether oxygens (including phenoxy) is 1. The van der Waals surface area contributed by atoms with Gasteiger partial charge >= 0.3 is 5.97 Å². The average Bonchev–Trinajstić information content (AvgIpc) is 2.64. The Morgan fingerprint density at radius 1 is 1.12 bits per heavy atom. The molecule has 2 aromatic rings. The maximum Gasteiger partial charge on any atom is 0.337 e. The number of anilines is 1. The minimum atomic E-state index is -0.515. The number of amides is 2. The molecule has 6 nitrogen and oxygen atoms in total. The first-order valence-electron chi connectivity index (χ1n) is 7.89. The SMILES string of the molecule is COC(=O)c1cccc(N(CC(=O)NCc2ccccc2Cl)C(C)=O)c1. The second-order valence-corrected chi connectivity index (χ2v) is 5.92. The van der Waals surface area contributed by atoms with Crippen LogP contribution in [0.1, 0.15) is 22.8 Å². The Bertz CT molecular complexity index is 823. The van der Waals surface area contributed by atoms with E-state index >= 15 is 0 Å². The number of rotatable bonds is 6. The molecule has 0 aliphatic rings. The van der Waals surface area contributed by atoms with Gasteiger partial charge in [-0.1, -0.05) is 35.9 Å². The maximum atomic E-state index is 12.3. The van der Waals surface area contributed by atoms with E-state index < -0.39 is 5.97 Å². The van der Waals surface area contributed by atoms with Crippen molar-refractivity contribution < 1.29 is 19.1 Å². The third-order valence-corrected chi connectivity index (χ3v) is 4.06. The number of nitrogens with one attached hydrogen (secondary N) is 1. The van der Waals surface area contributed by atoms with Gasteiger partial charge in [-0.2, -0.15) is 0 Å². The zero-order chi connectivity index (χ0) is 19.1. The van der Waals surface area contributed by atoms with Gasteiger partial charge in [0.2, 0.25) is 11.8 Å². The molecule has 0 aliphatic carbocycles. The van der Waals surface area contributed by atoms with Crippen LogP contribution in [-0.4, -0.2) is 31.4 Å². The van der Waals surface area contributed by atoms with E-state index in [1.807, 2.05) is 12.1 Å². The highest BCUT2D eigenvalue weighted by molar-refractivity contribution is 6.31. The number of esters is 1. The molecule has 0 unspecified atom stereocenters. The third-order valence-electron chi connectivity index (χ3n) is 3.69. The molecular weight excluding hydrogens is 356 g/mol. The molecule has 0 radical (unpaired) electrons. The molecular formula is C19H19ClN2O4. The lowest BCUT2D eigenvalue weighted by Gasteiger charge is -2.21. The van der Waals surface area contributed by atoms with Gasteiger partial charge in [-0.05, 0) is 29.8 Å². The van der Waals surface area contributed by atoms with Crippen molar-refractivity contribution in [3.63, 3.8) is 0 Å². The highest BCUT2D eigenvalue weighted by Crippen LogP contribution is 2.18. The normalized spacial score (nSPS) is 10.1. The summed E-state index contributed by atoms with van der Waals surface area (Å²) in [6.45, 7) is 1.43. The van der Waals surface area contributed by atoms with Crippen molar-refractivity contribution in [2.75, 3.05) is 18.6 Å². The first kappa shape index (κ1) is 19.5. The summed E-state index contributed by atoms with van der Waals surface area (Å²) in [7, 11) is 1.28. The molecule has 0 heterocycles. The molecule has 2 aromatic carbocycles. The van der Waals surface area contributed by atoms with Crippen LogP contribution in [0, 0.1) is 0 Å². The fourth-order valence-corrected chi connectivity index (χ4v) is 2.54. The monoisotopic (exact) mass is 374 g/mol. The maximum absolute atomic E-state index is 12.3. The molecule has 2 amide bonds. The Morgan fingerprint density at radius 3 is 2.50 bits per heavy atom. The summed E-state index contributed by atoms with van der Waals surface area (Å²) in [5.74, 6) is -1.18. The van der Waals surface area contributed by atoms with Gasteiger partial charge < -0.3 is 15.0 Å². The molecule has 0 aliphatic heterocycles. The number of hydrogen-bond donors (Lipinski definition) is 1. The molecule has 0 saturated carbocycles. The van der Waals surface area contributed by atoms with Crippen LogP contribution < -0.4 is 10.2 Å². The van der Waals surface area contributed by atoms with Crippen LogP contribution in [0.4, 0.5) is 5.69 Å². The fourth-order valence-electron chi connectivity index (χ4n) is 2.34. The summed E-state index contributed by atoms with van der Waals surface area (Å²) in [5, 5.41) is 3.29. The van der Waals surface area contributed by atoms with Gasteiger partial charge in [0, 0.05) is 24.2 Å². The lowest BCUT2D eigenvalue weighted by molar-refractivity contribution is -0.123. The van der Waals surface area contributed by atoms with Crippen LogP contribution in [-0.2, 0) is 20.9 Å². The largest absolute Gasteiger partial charge is 0.465 e. The Balaban J connectivity index is 2.08. The Labute approximate surface area is 156 Å². The lowest BCUT2D eigenvalue weighted by Crippen LogP contribution is -2.39. The van der Waals surface area contributed by atoms with Crippen LogP contribution in [0.3, 0.4) is 0 Å². The second kappa shape index (κ2) is 9.01. The summed E-state index contributed by atoms with van der Waals surface area (Å²) >= 11 is 6.06. The van der Waals surface area contributed by atoms with Crippen LogP contribution in [0.2, 0.25) is 5.02 Å². The smallest absolute Gasteiger partial charge is 0.337 e. The minimum Gasteiger partial charge on any atom is -0.465 e. The molecule has 1 N–H and O–H groups in total. The highest BCUT2D eigenvalue weighted by Gasteiger charge is 2.17. The summed E-state index contributed by atoms with van der Waals surface area (Å²) < 4.78 is 4.68. The van der Waals surface area contributed by atoms with Gasteiger partial charge in [-0.3, -0.25) is 9.59 Å². The van der Waals surface area contributed by atoms with Crippen molar-refractivity contribution in [1.82, 2.24) is 5.32 Å². The van der Waals surface area contributed by atoms with Crippen molar-refractivity contribution in [3.8, 4) is 0 Å². The first-order valence-corrected chi connectivity index (χ1v) is 8.26. The Kier molecular flexibility index (Phi) is 6.74. The van der Waals surface area contributed by atoms with Gasteiger partial charge in [-0.25, -0.2) is 4.79 Å². The van der Waals surface area contributed by atoms with Gasteiger partial charge in [0.1, 0.15) is 6.54 Å². The van der Waals surface area contributed by atoms with Gasteiger partial charge in [-0.15, -0.1) is 0 Å². The van der Waals surface area contributed by atoms with Crippen LogP contribution in [0.15, 0.2) is 48.5 Å². The Hall–Kier alpha value is -2.86. The van der Waals surface area contributed by atoms with Crippen LogP contribution in [0.25, 0.3) is 0 Å². The van der Waals surface area contributed by atoms with E-state index in [1.54, 1.807) is 30.3 Å². The number of hydrogen-bond acceptors (Lipinski definition) is 4. The fraction of sp³-hybridized carbons (Fsp3) is 0.211. The number of benzene rings is 2. The number of nitrogens with zero attached hydrogens (tertiary/aromatic N) is 1.